The Bertz CT molecular complexity index is 355. The van der Waals surface area contributed by atoms with Crippen molar-refractivity contribution in [3.63, 3.8) is 0 Å². The lowest BCUT2D eigenvalue weighted by Crippen LogP contribution is -2.06. The average molecular weight is 468 g/mol. The molecule has 0 aromatic heterocycles. The topological polar surface area (TPSA) is 52.6 Å². The summed E-state index contributed by atoms with van der Waals surface area (Å²) in [5.41, 5.74) is 0. The number of hydrogen-bond donors (Lipinski definition) is 0. The fourth-order valence-electron chi connectivity index (χ4n) is 3.48. The van der Waals surface area contributed by atoms with E-state index >= 15 is 0 Å². The SMILES string of the molecule is O=C(CCl)OCCCCCCCCCCCCCCCCCCCCOC(=O)CCl. The Morgan fingerprint density at radius 2 is 0.600 bits per heavy atom. The molecule has 0 saturated carbocycles. The van der Waals surface area contributed by atoms with Crippen LogP contribution in [0.25, 0.3) is 0 Å². The molecule has 0 radical (unpaired) electrons. The van der Waals surface area contributed by atoms with Gasteiger partial charge in [0.25, 0.3) is 0 Å². The molecule has 0 bridgehead atoms. The summed E-state index contributed by atoms with van der Waals surface area (Å²) in [4.78, 5) is 21.7. The van der Waals surface area contributed by atoms with E-state index in [-0.39, 0.29) is 23.7 Å². The summed E-state index contributed by atoms with van der Waals surface area (Å²) in [7, 11) is 0. The minimum absolute atomic E-state index is 0.0432. The van der Waals surface area contributed by atoms with Crippen LogP contribution in [0.4, 0.5) is 0 Å². The monoisotopic (exact) mass is 466 g/mol. The van der Waals surface area contributed by atoms with E-state index in [1.54, 1.807) is 0 Å². The number of alkyl halides is 2. The van der Waals surface area contributed by atoms with Crippen molar-refractivity contribution < 1.29 is 19.1 Å². The Labute approximate surface area is 194 Å². The van der Waals surface area contributed by atoms with Crippen molar-refractivity contribution >= 4 is 35.1 Å². The van der Waals surface area contributed by atoms with E-state index in [2.05, 4.69) is 0 Å². The number of halogens is 2. The molecule has 0 unspecified atom stereocenters. The lowest BCUT2D eigenvalue weighted by Gasteiger charge is -2.05. The lowest BCUT2D eigenvalue weighted by atomic mass is 10.0. The Morgan fingerprint density at radius 3 is 0.800 bits per heavy atom. The van der Waals surface area contributed by atoms with Gasteiger partial charge in [-0.3, -0.25) is 9.59 Å². The number of carbonyl (C=O) groups is 2. The molecule has 30 heavy (non-hydrogen) atoms. The van der Waals surface area contributed by atoms with Crippen molar-refractivity contribution in [1.29, 1.82) is 0 Å². The Balaban J connectivity index is 3.05. The quantitative estimate of drug-likeness (QED) is 0.0883. The first-order chi connectivity index (χ1) is 14.7. The molecule has 0 spiro atoms. The first kappa shape index (κ1) is 29.5. The predicted octanol–water partition coefficient (Wildman–Crippen LogP) is 7.57. The maximum atomic E-state index is 10.9. The summed E-state index contributed by atoms with van der Waals surface area (Å²) in [6.45, 7) is 1.03. The lowest BCUT2D eigenvalue weighted by molar-refractivity contribution is -0.141. The van der Waals surface area contributed by atoms with E-state index in [1.807, 2.05) is 0 Å². The maximum absolute atomic E-state index is 10.9. The standard InChI is InChI=1S/C24H44Cl2O4/c25-21-23(27)29-19-17-15-13-11-9-7-5-3-1-2-4-6-8-10-12-14-16-18-20-30-24(28)22-26/h1-22H2. The zero-order valence-corrected chi connectivity index (χ0v) is 20.5. The van der Waals surface area contributed by atoms with E-state index in [9.17, 15) is 9.59 Å². The largest absolute Gasteiger partial charge is 0.465 e. The first-order valence-electron chi connectivity index (χ1n) is 12.1. The van der Waals surface area contributed by atoms with E-state index in [0.717, 1.165) is 25.7 Å². The fourth-order valence-corrected chi connectivity index (χ4v) is 3.64. The molecule has 6 heteroatoms. The van der Waals surface area contributed by atoms with Gasteiger partial charge in [0.1, 0.15) is 11.8 Å². The van der Waals surface area contributed by atoms with Crippen molar-refractivity contribution in [1.82, 2.24) is 0 Å². The Kier molecular flexibility index (Phi) is 24.4. The molecule has 0 rings (SSSR count). The van der Waals surface area contributed by atoms with Gasteiger partial charge < -0.3 is 9.47 Å². The molecule has 0 aliphatic carbocycles. The number of carbonyl (C=O) groups excluding carboxylic acids is 2. The summed E-state index contributed by atoms with van der Waals surface area (Å²) >= 11 is 10.7. The third-order valence-corrected chi connectivity index (χ3v) is 5.72. The van der Waals surface area contributed by atoms with Crippen molar-refractivity contribution in [2.24, 2.45) is 0 Å². The normalized spacial score (nSPS) is 10.9. The van der Waals surface area contributed by atoms with Gasteiger partial charge >= 0.3 is 11.9 Å². The predicted molar refractivity (Wildman–Crippen MR) is 126 cm³/mol. The van der Waals surface area contributed by atoms with Crippen molar-refractivity contribution in [2.75, 3.05) is 25.0 Å². The highest BCUT2D eigenvalue weighted by Gasteiger charge is 2.00. The van der Waals surface area contributed by atoms with Crippen molar-refractivity contribution in [3.8, 4) is 0 Å². The molecule has 0 N–H and O–H groups in total. The molecule has 178 valence electrons. The van der Waals surface area contributed by atoms with Gasteiger partial charge in [0.05, 0.1) is 13.2 Å². The number of rotatable bonds is 23. The smallest absolute Gasteiger partial charge is 0.320 e. The number of unbranched alkanes of at least 4 members (excludes halogenated alkanes) is 17. The van der Waals surface area contributed by atoms with Crippen LogP contribution in [0, 0.1) is 0 Å². The number of hydrogen-bond acceptors (Lipinski definition) is 4. The molecule has 0 amide bonds. The summed E-state index contributed by atoms with van der Waals surface area (Å²) < 4.78 is 9.90. The molecular weight excluding hydrogens is 423 g/mol. The van der Waals surface area contributed by atoms with Gasteiger partial charge in [0, 0.05) is 0 Å². The van der Waals surface area contributed by atoms with Crippen LogP contribution in [-0.2, 0) is 19.1 Å². The minimum Gasteiger partial charge on any atom is -0.465 e. The van der Waals surface area contributed by atoms with Crippen LogP contribution in [0.15, 0.2) is 0 Å². The van der Waals surface area contributed by atoms with Gasteiger partial charge in [0.15, 0.2) is 0 Å². The molecule has 4 nitrogen and oxygen atoms in total. The third kappa shape index (κ3) is 23.8. The number of esters is 2. The zero-order chi connectivity index (χ0) is 22.1. The maximum Gasteiger partial charge on any atom is 0.320 e. The fraction of sp³-hybridized carbons (Fsp3) is 0.917. The van der Waals surface area contributed by atoms with E-state index in [4.69, 9.17) is 32.7 Å². The first-order valence-corrected chi connectivity index (χ1v) is 13.2. The highest BCUT2D eigenvalue weighted by atomic mass is 35.5. The summed E-state index contributed by atoms with van der Waals surface area (Å²) in [5.74, 6) is -0.710. The second-order valence-electron chi connectivity index (χ2n) is 8.07. The second-order valence-corrected chi connectivity index (χ2v) is 8.61. The van der Waals surface area contributed by atoms with Crippen LogP contribution >= 0.6 is 23.2 Å². The van der Waals surface area contributed by atoms with Crippen molar-refractivity contribution in [2.45, 2.75) is 116 Å². The van der Waals surface area contributed by atoms with E-state index < -0.39 is 0 Å². The highest BCUT2D eigenvalue weighted by Crippen LogP contribution is 2.14. The summed E-state index contributed by atoms with van der Waals surface area (Å²) in [5, 5.41) is 0. The summed E-state index contributed by atoms with van der Waals surface area (Å²) in [6.07, 6.45) is 22.9. The van der Waals surface area contributed by atoms with Crippen LogP contribution in [0.1, 0.15) is 116 Å². The van der Waals surface area contributed by atoms with Crippen LogP contribution in [0.5, 0.6) is 0 Å². The van der Waals surface area contributed by atoms with Gasteiger partial charge in [-0.15, -0.1) is 23.2 Å². The van der Waals surface area contributed by atoms with Gasteiger partial charge in [-0.25, -0.2) is 0 Å². The molecule has 0 aliphatic rings. The molecule has 0 fully saturated rings. The highest BCUT2D eigenvalue weighted by molar-refractivity contribution is 6.26. The van der Waals surface area contributed by atoms with Crippen LogP contribution in [-0.4, -0.2) is 36.9 Å². The molecule has 0 aromatic carbocycles. The van der Waals surface area contributed by atoms with Gasteiger partial charge in [-0.1, -0.05) is 103 Å². The van der Waals surface area contributed by atoms with Crippen LogP contribution in [0.3, 0.4) is 0 Å². The molecule has 0 saturated heterocycles. The Morgan fingerprint density at radius 1 is 0.400 bits per heavy atom. The molecule has 0 aromatic rings. The van der Waals surface area contributed by atoms with Gasteiger partial charge in [0.2, 0.25) is 0 Å². The minimum atomic E-state index is -0.312. The number of ether oxygens (including phenoxy) is 2. The molecule has 0 heterocycles. The van der Waals surface area contributed by atoms with Crippen LogP contribution < -0.4 is 0 Å². The van der Waals surface area contributed by atoms with Gasteiger partial charge in [-0.2, -0.15) is 0 Å². The van der Waals surface area contributed by atoms with E-state index in [0.29, 0.717) is 13.2 Å². The third-order valence-electron chi connectivity index (χ3n) is 5.28. The average Bonchev–Trinajstić information content (AvgIpc) is 2.76. The molecule has 0 aliphatic heterocycles. The zero-order valence-electron chi connectivity index (χ0n) is 18.9. The Hall–Kier alpha value is -0.480. The van der Waals surface area contributed by atoms with Crippen molar-refractivity contribution in [3.05, 3.63) is 0 Å². The molecular formula is C24H44Cl2O4. The summed E-state index contributed by atoms with van der Waals surface area (Å²) in [6, 6.07) is 0. The second kappa shape index (κ2) is 24.8. The van der Waals surface area contributed by atoms with Gasteiger partial charge in [-0.05, 0) is 12.8 Å². The van der Waals surface area contributed by atoms with E-state index in [1.165, 1.54) is 89.9 Å². The molecule has 0 atom stereocenters. The van der Waals surface area contributed by atoms with Crippen LogP contribution in [0.2, 0.25) is 0 Å².